The van der Waals surface area contributed by atoms with E-state index in [-0.39, 0.29) is 5.78 Å². The quantitative estimate of drug-likeness (QED) is 0.760. The molecule has 4 heteroatoms. The first-order valence-corrected chi connectivity index (χ1v) is 6.48. The van der Waals surface area contributed by atoms with Gasteiger partial charge < -0.3 is 4.57 Å². The van der Waals surface area contributed by atoms with Crippen LogP contribution in [-0.4, -0.2) is 10.4 Å². The van der Waals surface area contributed by atoms with Crippen LogP contribution in [0.1, 0.15) is 29.3 Å². The smallest absolute Gasteiger partial charge is 0.164 e. The van der Waals surface area contributed by atoms with Crippen molar-refractivity contribution in [3.8, 4) is 0 Å². The van der Waals surface area contributed by atoms with E-state index in [1.54, 1.807) is 12.1 Å². The first kappa shape index (κ1) is 13.2. The van der Waals surface area contributed by atoms with E-state index in [0.29, 0.717) is 23.0 Å². The number of benzene rings is 1. The van der Waals surface area contributed by atoms with Crippen LogP contribution in [-0.2, 0) is 6.54 Å². The molecule has 1 aromatic carbocycles. The highest BCUT2D eigenvalue weighted by molar-refractivity contribution is 6.33. The van der Waals surface area contributed by atoms with Crippen molar-refractivity contribution in [2.45, 2.75) is 19.9 Å². The second kappa shape index (κ2) is 5.59. The summed E-state index contributed by atoms with van der Waals surface area (Å²) in [5.41, 5.74) is 1.67. The molecular weight excluding hydrogens is 269 g/mol. The third-order valence-electron chi connectivity index (χ3n) is 2.75. The van der Waals surface area contributed by atoms with Crippen LogP contribution in [0.4, 0.5) is 0 Å². The molecule has 0 N–H and O–H groups in total. The Bertz CT molecular complexity index is 575. The molecule has 0 saturated heterocycles. The molecule has 0 fully saturated rings. The maximum atomic E-state index is 11.5. The third kappa shape index (κ3) is 2.95. The monoisotopic (exact) mass is 281 g/mol. The molecule has 0 radical (unpaired) electrons. The van der Waals surface area contributed by atoms with Crippen LogP contribution in [0, 0.1) is 0 Å². The summed E-state index contributed by atoms with van der Waals surface area (Å²) in [4.78, 5) is 11.5. The zero-order chi connectivity index (χ0) is 13.1. The van der Waals surface area contributed by atoms with Crippen molar-refractivity contribution in [3.05, 3.63) is 57.8 Å². The molecule has 0 aliphatic heterocycles. The topological polar surface area (TPSA) is 22.0 Å². The lowest BCUT2D eigenvalue weighted by Gasteiger charge is -2.06. The van der Waals surface area contributed by atoms with E-state index >= 15 is 0 Å². The van der Waals surface area contributed by atoms with Crippen LogP contribution in [0.5, 0.6) is 0 Å². The Labute approximate surface area is 116 Å². The molecule has 0 bridgehead atoms. The van der Waals surface area contributed by atoms with Gasteiger partial charge in [0.2, 0.25) is 0 Å². The van der Waals surface area contributed by atoms with Gasteiger partial charge >= 0.3 is 0 Å². The Morgan fingerprint density at radius 3 is 2.78 bits per heavy atom. The molecule has 2 nitrogen and oxygen atoms in total. The first-order valence-electron chi connectivity index (χ1n) is 5.73. The van der Waals surface area contributed by atoms with E-state index < -0.39 is 0 Å². The molecule has 0 unspecified atom stereocenters. The Hall–Kier alpha value is -1.25. The summed E-state index contributed by atoms with van der Waals surface area (Å²) in [6.45, 7) is 2.46. The number of nitrogens with zero attached hydrogens (tertiary/aromatic N) is 1. The summed E-state index contributed by atoms with van der Waals surface area (Å²) in [5, 5.41) is 1.34. The van der Waals surface area contributed by atoms with Gasteiger partial charge in [-0.3, -0.25) is 4.79 Å². The Kier molecular flexibility index (Phi) is 4.10. The van der Waals surface area contributed by atoms with Crippen LogP contribution in [0.2, 0.25) is 10.0 Å². The van der Waals surface area contributed by atoms with Gasteiger partial charge in [-0.1, -0.05) is 30.1 Å². The highest BCUT2D eigenvalue weighted by Crippen LogP contribution is 2.21. The highest BCUT2D eigenvalue weighted by atomic mass is 35.5. The molecule has 1 heterocycles. The predicted molar refractivity (Wildman–Crippen MR) is 74.6 cm³/mol. The molecule has 18 heavy (non-hydrogen) atoms. The van der Waals surface area contributed by atoms with Gasteiger partial charge in [0.25, 0.3) is 0 Å². The lowest BCUT2D eigenvalue weighted by molar-refractivity contribution is 0.0988. The van der Waals surface area contributed by atoms with Gasteiger partial charge in [-0.25, -0.2) is 0 Å². The van der Waals surface area contributed by atoms with Crippen molar-refractivity contribution in [1.29, 1.82) is 0 Å². The molecule has 2 rings (SSSR count). The molecule has 0 amide bonds. The molecule has 1 aromatic heterocycles. The SMILES string of the molecule is CCC(=O)c1ccn(Cc2cc(Cl)ccc2Cl)c1. The van der Waals surface area contributed by atoms with Crippen molar-refractivity contribution in [1.82, 2.24) is 4.57 Å². The number of rotatable bonds is 4. The Balaban J connectivity index is 2.21. The summed E-state index contributed by atoms with van der Waals surface area (Å²) in [5.74, 6) is 0.144. The number of Topliss-reactive ketones (excluding diaryl/α,β-unsaturated/α-hetero) is 1. The van der Waals surface area contributed by atoms with Gasteiger partial charge in [0.05, 0.1) is 0 Å². The lowest BCUT2D eigenvalue weighted by atomic mass is 10.2. The fourth-order valence-electron chi connectivity index (χ4n) is 1.77. The van der Waals surface area contributed by atoms with Crippen LogP contribution in [0.3, 0.4) is 0 Å². The molecule has 0 aliphatic rings. The van der Waals surface area contributed by atoms with Crippen LogP contribution in [0.15, 0.2) is 36.7 Å². The number of carbonyl (C=O) groups is 1. The standard InChI is InChI=1S/C14H13Cl2NO/c1-2-14(18)10-5-6-17(8-10)9-11-7-12(15)3-4-13(11)16/h3-8H,2,9H2,1H3. The molecular formula is C14H13Cl2NO. The molecule has 0 spiro atoms. The minimum absolute atomic E-state index is 0.144. The average molecular weight is 282 g/mol. The number of aromatic nitrogens is 1. The van der Waals surface area contributed by atoms with Crippen LogP contribution in [0.25, 0.3) is 0 Å². The van der Waals surface area contributed by atoms with E-state index in [0.717, 1.165) is 11.1 Å². The highest BCUT2D eigenvalue weighted by Gasteiger charge is 2.07. The van der Waals surface area contributed by atoms with Gasteiger partial charge in [-0.05, 0) is 29.8 Å². The number of carbonyl (C=O) groups excluding carboxylic acids is 1. The van der Waals surface area contributed by atoms with Crippen molar-refractivity contribution in [2.24, 2.45) is 0 Å². The van der Waals surface area contributed by atoms with Crippen molar-refractivity contribution >= 4 is 29.0 Å². The van der Waals surface area contributed by atoms with Crippen molar-refractivity contribution < 1.29 is 4.79 Å². The summed E-state index contributed by atoms with van der Waals surface area (Å²) in [6, 6.07) is 7.20. The molecule has 0 atom stereocenters. The van der Waals surface area contributed by atoms with Gasteiger partial charge in [0.15, 0.2) is 5.78 Å². The summed E-state index contributed by atoms with van der Waals surface area (Å²) in [7, 11) is 0. The van der Waals surface area contributed by atoms with Crippen LogP contribution < -0.4 is 0 Å². The number of ketones is 1. The van der Waals surface area contributed by atoms with E-state index in [2.05, 4.69) is 0 Å². The minimum Gasteiger partial charge on any atom is -0.349 e. The van der Waals surface area contributed by atoms with E-state index in [1.807, 2.05) is 36.0 Å². The van der Waals surface area contributed by atoms with Gasteiger partial charge in [0, 0.05) is 41.0 Å². The summed E-state index contributed by atoms with van der Waals surface area (Å²) >= 11 is 12.0. The zero-order valence-electron chi connectivity index (χ0n) is 9.99. The molecule has 0 saturated carbocycles. The van der Waals surface area contributed by atoms with Gasteiger partial charge in [-0.2, -0.15) is 0 Å². The van der Waals surface area contributed by atoms with Gasteiger partial charge in [-0.15, -0.1) is 0 Å². The first-order chi connectivity index (χ1) is 8.60. The van der Waals surface area contributed by atoms with Crippen LogP contribution >= 0.6 is 23.2 Å². The van der Waals surface area contributed by atoms with Gasteiger partial charge in [0.1, 0.15) is 0 Å². The molecule has 94 valence electrons. The Morgan fingerprint density at radius 2 is 2.06 bits per heavy atom. The zero-order valence-corrected chi connectivity index (χ0v) is 11.5. The summed E-state index contributed by atoms with van der Waals surface area (Å²) < 4.78 is 1.93. The third-order valence-corrected chi connectivity index (χ3v) is 3.36. The predicted octanol–water partition coefficient (Wildman–Crippen LogP) is 4.44. The van der Waals surface area contributed by atoms with Crippen molar-refractivity contribution in [3.63, 3.8) is 0 Å². The van der Waals surface area contributed by atoms with E-state index in [1.165, 1.54) is 0 Å². The molecule has 2 aromatic rings. The number of halogens is 2. The number of hydrogen-bond acceptors (Lipinski definition) is 1. The Morgan fingerprint density at radius 1 is 1.28 bits per heavy atom. The second-order valence-electron chi connectivity index (χ2n) is 4.08. The fraction of sp³-hybridized carbons (Fsp3) is 0.214. The number of hydrogen-bond donors (Lipinski definition) is 0. The molecule has 0 aliphatic carbocycles. The normalized spacial score (nSPS) is 10.6. The van der Waals surface area contributed by atoms with E-state index in [4.69, 9.17) is 23.2 Å². The van der Waals surface area contributed by atoms with Crippen molar-refractivity contribution in [2.75, 3.05) is 0 Å². The maximum Gasteiger partial charge on any atom is 0.164 e. The second-order valence-corrected chi connectivity index (χ2v) is 4.93. The lowest BCUT2D eigenvalue weighted by Crippen LogP contribution is -1.99. The maximum absolute atomic E-state index is 11.5. The van der Waals surface area contributed by atoms with E-state index in [9.17, 15) is 4.79 Å². The fourth-order valence-corrected chi connectivity index (χ4v) is 2.14. The largest absolute Gasteiger partial charge is 0.349 e. The average Bonchev–Trinajstić information content (AvgIpc) is 2.81. The minimum atomic E-state index is 0.144. The summed E-state index contributed by atoms with van der Waals surface area (Å²) in [6.07, 6.45) is 4.23.